The van der Waals surface area contributed by atoms with Crippen LogP contribution in [-0.4, -0.2) is 42.3 Å². The van der Waals surface area contributed by atoms with Crippen LogP contribution < -0.4 is 5.73 Å². The van der Waals surface area contributed by atoms with Gasteiger partial charge in [0, 0.05) is 18.8 Å². The predicted molar refractivity (Wildman–Crippen MR) is 70.3 cm³/mol. The Morgan fingerprint density at radius 1 is 1.50 bits per heavy atom. The van der Waals surface area contributed by atoms with Crippen molar-refractivity contribution in [3.05, 3.63) is 16.8 Å². The van der Waals surface area contributed by atoms with Gasteiger partial charge in [-0.05, 0) is 26.5 Å². The minimum absolute atomic E-state index is 0.142. The number of anilines is 1. The fraction of sp³-hybridized carbons (Fsp3) is 0.615. The van der Waals surface area contributed by atoms with Gasteiger partial charge in [0.15, 0.2) is 0 Å². The Bertz CT molecular complexity index is 486. The lowest BCUT2D eigenvalue weighted by Gasteiger charge is -2.30. The number of aromatic nitrogens is 1. The molecule has 1 fully saturated rings. The highest BCUT2D eigenvalue weighted by molar-refractivity contribution is 5.57. The number of rotatable bonds is 2. The molecule has 5 heteroatoms. The summed E-state index contributed by atoms with van der Waals surface area (Å²) in [4.78, 5) is 2.25. The third-order valence-corrected chi connectivity index (χ3v) is 3.71. The van der Waals surface area contributed by atoms with Crippen LogP contribution in [0, 0.1) is 25.2 Å². The first-order valence-corrected chi connectivity index (χ1v) is 6.20. The molecule has 0 amide bonds. The van der Waals surface area contributed by atoms with Crippen molar-refractivity contribution in [3.8, 4) is 6.07 Å². The van der Waals surface area contributed by atoms with E-state index in [1.165, 1.54) is 0 Å². The molecule has 2 heterocycles. The summed E-state index contributed by atoms with van der Waals surface area (Å²) in [6, 6.07) is 2.17. The summed E-state index contributed by atoms with van der Waals surface area (Å²) in [5, 5.41) is 9.10. The molecule has 18 heavy (non-hydrogen) atoms. The maximum Gasteiger partial charge on any atom is 0.122 e. The lowest BCUT2D eigenvalue weighted by atomic mass is 10.2. The Kier molecular flexibility index (Phi) is 3.60. The largest absolute Gasteiger partial charge is 0.384 e. The molecule has 0 aliphatic carbocycles. The van der Waals surface area contributed by atoms with Gasteiger partial charge < -0.3 is 19.9 Å². The molecule has 1 unspecified atom stereocenters. The van der Waals surface area contributed by atoms with Gasteiger partial charge in [0.1, 0.15) is 11.9 Å². The molecule has 1 aromatic heterocycles. The number of nitrogen functional groups attached to an aromatic ring is 1. The SMILES string of the molecule is Cc1c(C#N)c(N)n(CC2CN(C)CCO2)c1C. The van der Waals surface area contributed by atoms with Gasteiger partial charge >= 0.3 is 0 Å². The summed E-state index contributed by atoms with van der Waals surface area (Å²) in [5.41, 5.74) is 8.66. The topological polar surface area (TPSA) is 67.2 Å². The molecule has 5 nitrogen and oxygen atoms in total. The number of ether oxygens (including phenoxy) is 1. The molecular formula is C13H20N4O. The standard InChI is InChI=1S/C13H20N4O/c1-9-10(2)17(13(15)12(9)6-14)8-11-7-16(3)4-5-18-11/h11H,4-5,7-8,15H2,1-3H3. The number of nitriles is 1. The highest BCUT2D eigenvalue weighted by atomic mass is 16.5. The van der Waals surface area contributed by atoms with Gasteiger partial charge in [-0.2, -0.15) is 5.26 Å². The van der Waals surface area contributed by atoms with E-state index in [1.807, 2.05) is 18.4 Å². The van der Waals surface area contributed by atoms with Gasteiger partial charge in [0.2, 0.25) is 0 Å². The van der Waals surface area contributed by atoms with Crippen molar-refractivity contribution in [2.45, 2.75) is 26.5 Å². The minimum atomic E-state index is 0.142. The van der Waals surface area contributed by atoms with Gasteiger partial charge in [-0.15, -0.1) is 0 Å². The third kappa shape index (κ3) is 2.22. The van der Waals surface area contributed by atoms with Crippen LogP contribution >= 0.6 is 0 Å². The summed E-state index contributed by atoms with van der Waals surface area (Å²) in [5.74, 6) is 0.560. The van der Waals surface area contributed by atoms with E-state index >= 15 is 0 Å². The first kappa shape index (κ1) is 12.9. The maximum absolute atomic E-state index is 9.10. The Labute approximate surface area is 108 Å². The zero-order chi connectivity index (χ0) is 13.3. The molecule has 0 spiro atoms. The first-order valence-electron chi connectivity index (χ1n) is 6.20. The van der Waals surface area contributed by atoms with Crippen molar-refractivity contribution in [2.75, 3.05) is 32.5 Å². The molecule has 98 valence electrons. The normalized spacial score (nSPS) is 20.9. The average Bonchev–Trinajstić information content (AvgIpc) is 2.53. The molecule has 1 atom stereocenters. The summed E-state index contributed by atoms with van der Waals surface area (Å²) >= 11 is 0. The van der Waals surface area contributed by atoms with Crippen LogP contribution in [0.15, 0.2) is 0 Å². The van der Waals surface area contributed by atoms with Crippen molar-refractivity contribution >= 4 is 5.82 Å². The fourth-order valence-electron chi connectivity index (χ4n) is 2.45. The van der Waals surface area contributed by atoms with Crippen molar-refractivity contribution < 1.29 is 4.74 Å². The Hall–Kier alpha value is -1.51. The second-order valence-corrected chi connectivity index (χ2v) is 4.95. The van der Waals surface area contributed by atoms with Crippen LogP contribution in [0.3, 0.4) is 0 Å². The highest BCUT2D eigenvalue weighted by Crippen LogP contribution is 2.24. The van der Waals surface area contributed by atoms with E-state index in [0.29, 0.717) is 17.9 Å². The van der Waals surface area contributed by atoms with E-state index < -0.39 is 0 Å². The molecule has 1 aliphatic rings. The van der Waals surface area contributed by atoms with Gasteiger partial charge in [0.25, 0.3) is 0 Å². The molecule has 0 aromatic carbocycles. The molecular weight excluding hydrogens is 228 g/mol. The van der Waals surface area contributed by atoms with E-state index in [0.717, 1.165) is 31.0 Å². The predicted octanol–water partition coefficient (Wildman–Crippen LogP) is 0.889. The average molecular weight is 248 g/mol. The molecule has 0 bridgehead atoms. The molecule has 0 saturated carbocycles. The second kappa shape index (κ2) is 5.01. The Morgan fingerprint density at radius 3 is 2.78 bits per heavy atom. The van der Waals surface area contributed by atoms with E-state index in [-0.39, 0.29) is 6.10 Å². The van der Waals surface area contributed by atoms with Crippen LogP contribution in [0.2, 0.25) is 0 Å². The first-order chi connectivity index (χ1) is 8.54. The van der Waals surface area contributed by atoms with Gasteiger partial charge in [-0.1, -0.05) is 0 Å². The molecule has 1 aliphatic heterocycles. The quantitative estimate of drug-likeness (QED) is 0.844. The van der Waals surface area contributed by atoms with Crippen LogP contribution in [0.1, 0.15) is 16.8 Å². The van der Waals surface area contributed by atoms with Crippen molar-refractivity contribution in [3.63, 3.8) is 0 Å². The molecule has 0 radical (unpaired) electrons. The van der Waals surface area contributed by atoms with Gasteiger partial charge in [0.05, 0.1) is 24.8 Å². The zero-order valence-electron chi connectivity index (χ0n) is 11.2. The number of hydrogen-bond acceptors (Lipinski definition) is 4. The highest BCUT2D eigenvalue weighted by Gasteiger charge is 2.22. The minimum Gasteiger partial charge on any atom is -0.384 e. The van der Waals surface area contributed by atoms with Crippen LogP contribution in [0.4, 0.5) is 5.82 Å². The lowest BCUT2D eigenvalue weighted by Crippen LogP contribution is -2.42. The summed E-state index contributed by atoms with van der Waals surface area (Å²) in [6.07, 6.45) is 0.142. The second-order valence-electron chi connectivity index (χ2n) is 4.95. The fourth-order valence-corrected chi connectivity index (χ4v) is 2.45. The number of hydrogen-bond donors (Lipinski definition) is 1. The van der Waals surface area contributed by atoms with Crippen molar-refractivity contribution in [2.24, 2.45) is 0 Å². The Balaban J connectivity index is 2.22. The van der Waals surface area contributed by atoms with Crippen molar-refractivity contribution in [1.29, 1.82) is 5.26 Å². The van der Waals surface area contributed by atoms with Crippen LogP contribution in [-0.2, 0) is 11.3 Å². The molecule has 2 N–H and O–H groups in total. The molecule has 1 saturated heterocycles. The molecule has 1 aromatic rings. The van der Waals surface area contributed by atoms with E-state index in [1.54, 1.807) is 0 Å². The maximum atomic E-state index is 9.10. The van der Waals surface area contributed by atoms with Gasteiger partial charge in [-0.3, -0.25) is 0 Å². The number of morpholine rings is 1. The van der Waals surface area contributed by atoms with E-state index in [9.17, 15) is 0 Å². The third-order valence-electron chi connectivity index (χ3n) is 3.71. The van der Waals surface area contributed by atoms with E-state index in [2.05, 4.69) is 18.0 Å². The number of likely N-dealkylation sites (N-methyl/N-ethyl adjacent to an activating group) is 1. The van der Waals surface area contributed by atoms with Crippen molar-refractivity contribution in [1.82, 2.24) is 9.47 Å². The summed E-state index contributed by atoms with van der Waals surface area (Å²) < 4.78 is 7.74. The van der Waals surface area contributed by atoms with Crippen LogP contribution in [0.5, 0.6) is 0 Å². The lowest BCUT2D eigenvalue weighted by molar-refractivity contribution is -0.0273. The number of nitrogens with zero attached hydrogens (tertiary/aromatic N) is 3. The molecule has 2 rings (SSSR count). The summed E-state index contributed by atoms with van der Waals surface area (Å²) in [6.45, 7) is 7.28. The van der Waals surface area contributed by atoms with Crippen LogP contribution in [0.25, 0.3) is 0 Å². The monoisotopic (exact) mass is 248 g/mol. The zero-order valence-corrected chi connectivity index (χ0v) is 11.2. The van der Waals surface area contributed by atoms with Gasteiger partial charge in [-0.25, -0.2) is 0 Å². The van der Waals surface area contributed by atoms with E-state index in [4.69, 9.17) is 15.7 Å². The Morgan fingerprint density at radius 2 is 2.22 bits per heavy atom. The smallest absolute Gasteiger partial charge is 0.122 e. The summed E-state index contributed by atoms with van der Waals surface area (Å²) in [7, 11) is 2.09. The number of nitrogens with two attached hydrogens (primary N) is 1.